The Balaban J connectivity index is 1.68. The van der Waals surface area contributed by atoms with Crippen molar-refractivity contribution in [2.75, 3.05) is 35.3 Å². The molecule has 2 amide bonds. The van der Waals surface area contributed by atoms with Crippen molar-refractivity contribution < 1.29 is 14.0 Å². The van der Waals surface area contributed by atoms with Crippen LogP contribution >= 0.6 is 0 Å². The Morgan fingerprint density at radius 3 is 2.76 bits per heavy atom. The summed E-state index contributed by atoms with van der Waals surface area (Å²) in [7, 11) is 1.89. The Kier molecular flexibility index (Phi) is 3.67. The number of carbonyl (C=O) groups excluding carboxylic acids is 2. The minimum Gasteiger partial charge on any atom is -0.371 e. The third-order valence-electron chi connectivity index (χ3n) is 4.79. The van der Waals surface area contributed by atoms with E-state index in [0.717, 1.165) is 11.3 Å². The van der Waals surface area contributed by atoms with Crippen molar-refractivity contribution in [2.45, 2.75) is 12.8 Å². The van der Waals surface area contributed by atoms with Crippen LogP contribution in [0.2, 0.25) is 0 Å². The van der Waals surface area contributed by atoms with E-state index in [1.165, 1.54) is 12.1 Å². The van der Waals surface area contributed by atoms with E-state index in [1.807, 2.05) is 18.0 Å². The van der Waals surface area contributed by atoms with Crippen LogP contribution in [-0.2, 0) is 11.2 Å². The molecule has 0 bridgehead atoms. The molecule has 2 aromatic rings. The zero-order chi connectivity index (χ0) is 17.6. The first-order valence-corrected chi connectivity index (χ1v) is 8.28. The van der Waals surface area contributed by atoms with Crippen LogP contribution in [0.1, 0.15) is 22.3 Å². The monoisotopic (exact) mass is 339 g/mol. The zero-order valence-corrected chi connectivity index (χ0v) is 13.9. The van der Waals surface area contributed by atoms with Gasteiger partial charge in [0.15, 0.2) is 0 Å². The molecule has 2 heterocycles. The van der Waals surface area contributed by atoms with Gasteiger partial charge in [0.2, 0.25) is 5.91 Å². The summed E-state index contributed by atoms with van der Waals surface area (Å²) in [6.07, 6.45) is 1.06. The van der Waals surface area contributed by atoms with Gasteiger partial charge in [0.25, 0.3) is 5.91 Å². The van der Waals surface area contributed by atoms with Crippen molar-refractivity contribution >= 4 is 28.9 Å². The van der Waals surface area contributed by atoms with Crippen molar-refractivity contribution in [3.8, 4) is 0 Å². The molecule has 25 heavy (non-hydrogen) atoms. The summed E-state index contributed by atoms with van der Waals surface area (Å²) in [6, 6.07) is 9.84. The average molecular weight is 339 g/mol. The van der Waals surface area contributed by atoms with E-state index in [0.29, 0.717) is 42.9 Å². The highest BCUT2D eigenvalue weighted by Crippen LogP contribution is 2.34. The number of hydrogen-bond donors (Lipinski definition) is 1. The van der Waals surface area contributed by atoms with Crippen LogP contribution in [0.5, 0.6) is 0 Å². The van der Waals surface area contributed by atoms with Gasteiger partial charge in [0.1, 0.15) is 5.82 Å². The highest BCUT2D eigenvalue weighted by atomic mass is 19.1. The van der Waals surface area contributed by atoms with E-state index >= 15 is 0 Å². The maximum atomic E-state index is 13.6. The molecule has 0 fully saturated rings. The van der Waals surface area contributed by atoms with Gasteiger partial charge in [0.05, 0.1) is 11.4 Å². The number of carbonyl (C=O) groups is 2. The summed E-state index contributed by atoms with van der Waals surface area (Å²) in [6.45, 7) is 1.19. The highest BCUT2D eigenvalue weighted by molar-refractivity contribution is 6.09. The van der Waals surface area contributed by atoms with Crippen LogP contribution in [0.15, 0.2) is 36.4 Å². The van der Waals surface area contributed by atoms with Crippen molar-refractivity contribution in [3.63, 3.8) is 0 Å². The summed E-state index contributed by atoms with van der Waals surface area (Å²) in [5, 5.41) is 2.82. The fraction of sp³-hybridized carbons (Fsp3) is 0.263. The smallest absolute Gasteiger partial charge is 0.258 e. The molecule has 0 radical (unpaired) electrons. The van der Waals surface area contributed by atoms with Gasteiger partial charge < -0.3 is 15.1 Å². The first kappa shape index (κ1) is 15.6. The molecule has 6 heteroatoms. The number of likely N-dealkylation sites (N-methyl/N-ethyl adjacent to an activating group) is 1. The molecule has 0 aromatic heterocycles. The van der Waals surface area contributed by atoms with Gasteiger partial charge in [-0.15, -0.1) is 0 Å². The Bertz CT molecular complexity index is 881. The lowest BCUT2D eigenvalue weighted by Crippen LogP contribution is -2.42. The number of anilines is 3. The Morgan fingerprint density at radius 2 is 1.92 bits per heavy atom. The summed E-state index contributed by atoms with van der Waals surface area (Å²) in [5.41, 5.74) is 3.75. The van der Waals surface area contributed by atoms with Gasteiger partial charge in [-0.1, -0.05) is 0 Å². The molecule has 128 valence electrons. The van der Waals surface area contributed by atoms with Crippen LogP contribution < -0.4 is 15.1 Å². The Hall–Kier alpha value is -2.89. The minimum absolute atomic E-state index is 0.00148. The lowest BCUT2D eigenvalue weighted by atomic mass is 9.99. The number of benzene rings is 2. The fourth-order valence-corrected chi connectivity index (χ4v) is 3.40. The second-order valence-corrected chi connectivity index (χ2v) is 6.43. The van der Waals surface area contributed by atoms with Gasteiger partial charge in [-0.2, -0.15) is 0 Å². The molecule has 4 rings (SSSR count). The van der Waals surface area contributed by atoms with Crippen molar-refractivity contribution in [1.82, 2.24) is 0 Å². The predicted molar refractivity (Wildman–Crippen MR) is 94.7 cm³/mol. The summed E-state index contributed by atoms with van der Waals surface area (Å²) in [5.74, 6) is -0.424. The van der Waals surface area contributed by atoms with E-state index in [1.54, 1.807) is 23.1 Å². The normalized spacial score (nSPS) is 16.2. The molecule has 0 unspecified atom stereocenters. The molecule has 5 nitrogen and oxygen atoms in total. The van der Waals surface area contributed by atoms with Crippen molar-refractivity contribution in [3.05, 3.63) is 53.3 Å². The SMILES string of the molecule is CN1CCN(C(=O)c2ccc3c(c2)CCC(=O)N3)c2ccc(F)cc21. The van der Waals surface area contributed by atoms with Gasteiger partial charge in [-0.25, -0.2) is 4.39 Å². The van der Waals surface area contributed by atoms with Gasteiger partial charge >= 0.3 is 0 Å². The highest BCUT2D eigenvalue weighted by Gasteiger charge is 2.27. The molecule has 0 saturated heterocycles. The lowest BCUT2D eigenvalue weighted by molar-refractivity contribution is -0.116. The molecule has 0 atom stereocenters. The molecule has 2 aliphatic rings. The number of rotatable bonds is 1. The van der Waals surface area contributed by atoms with Crippen molar-refractivity contribution in [1.29, 1.82) is 0 Å². The zero-order valence-electron chi connectivity index (χ0n) is 13.9. The minimum atomic E-state index is -0.315. The number of nitrogens with one attached hydrogen (secondary N) is 1. The third-order valence-corrected chi connectivity index (χ3v) is 4.79. The molecule has 0 aliphatic carbocycles. The van der Waals surface area contributed by atoms with E-state index in [2.05, 4.69) is 5.32 Å². The van der Waals surface area contributed by atoms with Crippen LogP contribution in [-0.4, -0.2) is 32.0 Å². The maximum absolute atomic E-state index is 13.6. The van der Waals surface area contributed by atoms with Gasteiger partial charge in [-0.3, -0.25) is 9.59 Å². The first-order chi connectivity index (χ1) is 12.0. The van der Waals surface area contributed by atoms with Gasteiger partial charge in [0, 0.05) is 37.8 Å². The molecular formula is C19H18FN3O2. The molecule has 2 aliphatic heterocycles. The fourth-order valence-electron chi connectivity index (χ4n) is 3.40. The predicted octanol–water partition coefficient (Wildman–Crippen LogP) is 2.81. The number of aryl methyl sites for hydroxylation is 1. The summed E-state index contributed by atoms with van der Waals surface area (Å²) >= 11 is 0. The standard InChI is InChI=1S/C19H18FN3O2/c1-22-8-9-23(16-6-4-14(20)11-17(16)22)19(25)13-2-5-15-12(10-13)3-7-18(24)21-15/h2,4-6,10-11H,3,7-9H2,1H3,(H,21,24). The van der Waals surface area contributed by atoms with Crippen LogP contribution in [0.3, 0.4) is 0 Å². The second-order valence-electron chi connectivity index (χ2n) is 6.43. The number of nitrogens with zero attached hydrogens (tertiary/aromatic N) is 2. The number of amides is 2. The molecular weight excluding hydrogens is 321 g/mol. The van der Waals surface area contributed by atoms with E-state index < -0.39 is 0 Å². The average Bonchev–Trinajstić information content (AvgIpc) is 2.61. The van der Waals surface area contributed by atoms with Crippen LogP contribution in [0.25, 0.3) is 0 Å². The largest absolute Gasteiger partial charge is 0.371 e. The number of halogens is 1. The van der Waals surface area contributed by atoms with E-state index in [-0.39, 0.29) is 17.6 Å². The van der Waals surface area contributed by atoms with E-state index in [9.17, 15) is 14.0 Å². The Morgan fingerprint density at radius 1 is 1.08 bits per heavy atom. The van der Waals surface area contributed by atoms with Gasteiger partial charge in [-0.05, 0) is 48.4 Å². The molecule has 0 spiro atoms. The lowest BCUT2D eigenvalue weighted by Gasteiger charge is -2.35. The topological polar surface area (TPSA) is 52.7 Å². The summed E-state index contributed by atoms with van der Waals surface area (Å²) in [4.78, 5) is 28.1. The molecule has 0 saturated carbocycles. The van der Waals surface area contributed by atoms with Crippen molar-refractivity contribution in [2.24, 2.45) is 0 Å². The number of hydrogen-bond acceptors (Lipinski definition) is 3. The third kappa shape index (κ3) is 2.73. The first-order valence-electron chi connectivity index (χ1n) is 8.28. The maximum Gasteiger partial charge on any atom is 0.258 e. The second kappa shape index (κ2) is 5.88. The molecule has 2 aromatic carbocycles. The van der Waals surface area contributed by atoms with Crippen LogP contribution in [0, 0.1) is 5.82 Å². The quantitative estimate of drug-likeness (QED) is 0.869. The summed E-state index contributed by atoms with van der Waals surface area (Å²) < 4.78 is 13.6. The van der Waals surface area contributed by atoms with E-state index in [4.69, 9.17) is 0 Å². The number of fused-ring (bicyclic) bond motifs is 2. The van der Waals surface area contributed by atoms with Crippen LogP contribution in [0.4, 0.5) is 21.5 Å². The Labute approximate surface area is 145 Å². The molecule has 1 N–H and O–H groups in total.